The van der Waals surface area contributed by atoms with Crippen LogP contribution in [-0.2, 0) is 16.0 Å². The second-order valence-electron chi connectivity index (χ2n) is 15.7. The number of carbonyl (C=O) groups is 1. The van der Waals surface area contributed by atoms with Gasteiger partial charge < -0.3 is 43.6 Å². The number of aromatic nitrogens is 3. The predicted octanol–water partition coefficient (Wildman–Crippen LogP) is 6.65. The summed E-state index contributed by atoms with van der Waals surface area (Å²) in [7, 11) is 6.31. The normalized spacial score (nSPS) is 14.8. The highest BCUT2D eigenvalue weighted by atomic mass is 19.1. The molecule has 2 aromatic carbocycles. The Balaban J connectivity index is 1.20. The van der Waals surface area contributed by atoms with Gasteiger partial charge in [0.05, 0.1) is 88.2 Å². The number of likely N-dealkylation sites (N-methyl/N-ethyl adjacent to an activating group) is 1. The first kappa shape index (κ1) is 43.2. The van der Waals surface area contributed by atoms with E-state index in [0.29, 0.717) is 76.4 Å². The molecule has 0 aliphatic carbocycles. The van der Waals surface area contributed by atoms with Crippen molar-refractivity contribution in [2.75, 3.05) is 77.9 Å². The summed E-state index contributed by atoms with van der Waals surface area (Å²) in [5.41, 5.74) is 1.76. The highest BCUT2D eigenvalue weighted by Gasteiger charge is 2.29. The number of halogens is 2. The van der Waals surface area contributed by atoms with Crippen molar-refractivity contribution in [3.05, 3.63) is 134 Å². The van der Waals surface area contributed by atoms with Crippen molar-refractivity contribution in [2.45, 2.75) is 25.8 Å². The third-order valence-corrected chi connectivity index (χ3v) is 10.9. The number of hydrogen-bond acceptors (Lipinski definition) is 12. The number of hydrogen-bond donors (Lipinski definition) is 1. The van der Waals surface area contributed by atoms with Crippen molar-refractivity contribution >= 4 is 40.2 Å². The van der Waals surface area contributed by atoms with E-state index in [0.717, 1.165) is 24.8 Å². The van der Waals surface area contributed by atoms with Gasteiger partial charge in [-0.3, -0.25) is 9.59 Å². The summed E-state index contributed by atoms with van der Waals surface area (Å²) in [5, 5.41) is 15.0. The maximum absolute atomic E-state index is 16.0. The van der Waals surface area contributed by atoms with Gasteiger partial charge in [-0.05, 0) is 53.3 Å². The molecule has 0 amide bonds. The summed E-state index contributed by atoms with van der Waals surface area (Å²) in [6.07, 6.45) is 8.55. The van der Waals surface area contributed by atoms with E-state index in [1.54, 1.807) is 31.3 Å². The molecule has 17 heteroatoms. The fourth-order valence-corrected chi connectivity index (χ4v) is 7.74. The summed E-state index contributed by atoms with van der Waals surface area (Å²) in [4.78, 5) is 54.1. The van der Waals surface area contributed by atoms with Crippen molar-refractivity contribution in [1.82, 2.24) is 14.5 Å². The number of methoxy groups -OCH3 is 2. The lowest BCUT2D eigenvalue weighted by Crippen LogP contribution is -2.41. The second-order valence-corrected chi connectivity index (χ2v) is 15.7. The molecule has 1 fully saturated rings. The van der Waals surface area contributed by atoms with Gasteiger partial charge in [0.15, 0.2) is 28.9 Å². The van der Waals surface area contributed by atoms with Crippen LogP contribution in [0.1, 0.15) is 30.5 Å². The van der Waals surface area contributed by atoms with E-state index >= 15 is 8.78 Å². The Morgan fingerprint density at radius 3 is 2.42 bits per heavy atom. The Kier molecular flexibility index (Phi) is 12.8. The number of ketones is 1. The lowest BCUT2D eigenvalue weighted by atomic mass is 9.99. The van der Waals surface area contributed by atoms with Crippen LogP contribution in [0, 0.1) is 21.7 Å². The Bertz CT molecular complexity index is 2650. The van der Waals surface area contributed by atoms with Crippen LogP contribution in [0.15, 0.2) is 100 Å². The van der Waals surface area contributed by atoms with Crippen molar-refractivity contribution in [2.24, 2.45) is 4.99 Å². The van der Waals surface area contributed by atoms with Gasteiger partial charge >= 0.3 is 5.82 Å². The van der Waals surface area contributed by atoms with Crippen LogP contribution in [0.25, 0.3) is 22.0 Å². The third-order valence-electron chi connectivity index (χ3n) is 10.9. The number of anilines is 3. The van der Waals surface area contributed by atoms with Crippen LogP contribution in [-0.4, -0.2) is 104 Å². The molecule has 7 rings (SSSR count). The quantitative estimate of drug-likeness (QED) is 0.0490. The number of aliphatic imine (C=N–C) groups is 1. The number of benzene rings is 2. The van der Waals surface area contributed by atoms with Gasteiger partial charge in [0.25, 0.3) is 5.56 Å². The molecule has 15 nitrogen and oxygen atoms in total. The minimum absolute atomic E-state index is 0.0555. The maximum atomic E-state index is 16.0. The summed E-state index contributed by atoms with van der Waals surface area (Å²) < 4.78 is 49.7. The molecular formula is C45H47F2N8O7+. The Hall–Kier alpha value is -6.85. The Morgan fingerprint density at radius 2 is 1.74 bits per heavy atom. The molecule has 0 bridgehead atoms. The fraction of sp³-hybridized carbons (Fsp3) is 0.311. The molecule has 3 aromatic heterocycles. The van der Waals surface area contributed by atoms with Gasteiger partial charge in [0.1, 0.15) is 24.4 Å². The van der Waals surface area contributed by atoms with Crippen molar-refractivity contribution in [3.63, 3.8) is 0 Å². The lowest BCUT2D eigenvalue weighted by molar-refractivity contribution is -0.880. The van der Waals surface area contributed by atoms with Gasteiger partial charge in [-0.15, -0.1) is 0 Å². The van der Waals surface area contributed by atoms with E-state index in [9.17, 15) is 19.7 Å². The van der Waals surface area contributed by atoms with Gasteiger partial charge in [-0.2, -0.15) is 0 Å². The van der Waals surface area contributed by atoms with E-state index in [2.05, 4.69) is 25.2 Å². The first-order valence-electron chi connectivity index (χ1n) is 20.0. The smallest absolute Gasteiger partial charge is 0.368 e. The number of allylic oxidation sites excluding steroid dienone is 1. The number of quaternary nitrogens is 1. The lowest BCUT2D eigenvalue weighted by Gasteiger charge is -2.28. The van der Waals surface area contributed by atoms with Crippen LogP contribution in [0.5, 0.6) is 11.5 Å². The van der Waals surface area contributed by atoms with Crippen LogP contribution in [0.3, 0.4) is 0 Å². The number of nitrogens with one attached hydrogen (secondary N) is 1. The van der Waals surface area contributed by atoms with Crippen molar-refractivity contribution in [3.8, 4) is 22.6 Å². The molecule has 0 radical (unpaired) electrons. The van der Waals surface area contributed by atoms with Crippen molar-refractivity contribution < 1.29 is 37.2 Å². The second kappa shape index (κ2) is 18.4. The van der Waals surface area contributed by atoms with E-state index in [-0.39, 0.29) is 35.1 Å². The highest BCUT2D eigenvalue weighted by Crippen LogP contribution is 2.38. The van der Waals surface area contributed by atoms with Crippen LogP contribution < -0.4 is 25.2 Å². The van der Waals surface area contributed by atoms with E-state index in [1.807, 2.05) is 44.4 Å². The molecule has 1 atom stereocenters. The SMILES string of the molecule is COc1cc(OC)c(F)c(-c2cc3cnc(Nc4ccc(N5CCOCC5)cn4)cc3n(C(C)c3cccc(CC(=O)/C=C/C[N+](C)(C)CC4=C([N+](=O)[O-])N=CC4)c3)c2=O)c1F. The monoisotopic (exact) mass is 849 g/mol. The minimum Gasteiger partial charge on any atom is -0.494 e. The minimum atomic E-state index is -1.07. The van der Waals surface area contributed by atoms with E-state index in [1.165, 1.54) is 43.3 Å². The largest absolute Gasteiger partial charge is 0.494 e. The van der Waals surface area contributed by atoms with E-state index in [4.69, 9.17) is 14.2 Å². The molecule has 2 aliphatic rings. The average molecular weight is 850 g/mol. The van der Waals surface area contributed by atoms with Gasteiger partial charge in [0, 0.05) is 49.6 Å². The topological polar surface area (TPSA) is 163 Å². The number of pyridine rings is 3. The number of nitrogens with zero attached hydrogens (tertiary/aromatic N) is 7. The molecule has 1 unspecified atom stereocenters. The molecule has 62 heavy (non-hydrogen) atoms. The molecule has 322 valence electrons. The number of rotatable bonds is 16. The maximum Gasteiger partial charge on any atom is 0.368 e. The summed E-state index contributed by atoms with van der Waals surface area (Å²) in [6, 6.07) is 14.5. The van der Waals surface area contributed by atoms with Crippen molar-refractivity contribution in [1.29, 1.82) is 0 Å². The highest BCUT2D eigenvalue weighted by molar-refractivity contribution is 5.91. The zero-order valence-electron chi connectivity index (χ0n) is 35.1. The standard InChI is InChI=1S/C45H46F2N8O7/c1-28(30-9-6-8-29(20-30)21-34(56)10-7-17-55(2,3)27-31-13-14-48-44(31)54(58)59)53-36-23-40(51-39-12-11-33(26-50-39)52-15-18-62-19-16-52)49-25-32(36)22-35(45(53)57)41-42(46)37(60-4)24-38(61-5)43(41)47/h6-12,14,20,22-26,28H,13,15-19,21,27H2,1-5H3/p+1/b10-7+. The van der Waals surface area contributed by atoms with Crippen LogP contribution in [0.4, 0.5) is 26.1 Å². The predicted molar refractivity (Wildman–Crippen MR) is 232 cm³/mol. The first-order chi connectivity index (χ1) is 29.8. The first-order valence-corrected chi connectivity index (χ1v) is 20.0. The summed E-state index contributed by atoms with van der Waals surface area (Å²) in [5.74, 6) is -2.15. The average Bonchev–Trinajstić information content (AvgIpc) is 3.72. The van der Waals surface area contributed by atoms with Gasteiger partial charge in [0.2, 0.25) is 0 Å². The summed E-state index contributed by atoms with van der Waals surface area (Å²) in [6.45, 7) is 5.44. The number of ether oxygens (including phenoxy) is 3. The van der Waals surface area contributed by atoms with Gasteiger partial charge in [-0.25, -0.2) is 18.7 Å². The zero-order valence-corrected chi connectivity index (χ0v) is 35.1. The third kappa shape index (κ3) is 9.38. The van der Waals surface area contributed by atoms with E-state index < -0.39 is 33.7 Å². The van der Waals surface area contributed by atoms with Crippen LogP contribution in [0.2, 0.25) is 0 Å². The molecule has 2 aliphatic heterocycles. The number of fused-ring (bicyclic) bond motifs is 1. The Labute approximate surface area is 356 Å². The number of nitro groups is 1. The Morgan fingerprint density at radius 1 is 1.02 bits per heavy atom. The zero-order chi connectivity index (χ0) is 44.1. The molecule has 1 saturated heterocycles. The molecular weight excluding hydrogens is 803 g/mol. The number of carbonyl (C=O) groups excluding carboxylic acids is 1. The number of morpholine rings is 1. The van der Waals surface area contributed by atoms with Gasteiger partial charge in [-0.1, -0.05) is 29.3 Å². The molecule has 0 spiro atoms. The molecule has 5 aromatic rings. The fourth-order valence-electron chi connectivity index (χ4n) is 7.74. The van der Waals surface area contributed by atoms with Crippen LogP contribution >= 0.6 is 0 Å². The molecule has 1 N–H and O–H groups in total. The molecule has 0 saturated carbocycles. The molecule has 5 heterocycles. The summed E-state index contributed by atoms with van der Waals surface area (Å²) >= 11 is 0.